The molecule has 0 saturated heterocycles. The van der Waals surface area contributed by atoms with Crippen LogP contribution in [0, 0.1) is 0 Å². The van der Waals surface area contributed by atoms with Gasteiger partial charge in [0.2, 0.25) is 5.91 Å². The Kier molecular flexibility index (Phi) is 53.5. The van der Waals surface area contributed by atoms with Crippen molar-refractivity contribution in [2.45, 2.75) is 328 Å². The third-order valence-electron chi connectivity index (χ3n) is 13.5. The molecule has 0 fully saturated rings. The molecule has 1 amide bonds. The summed E-state index contributed by atoms with van der Waals surface area (Å²) in [5.41, 5.74) is 0. The van der Waals surface area contributed by atoms with Gasteiger partial charge in [-0.2, -0.15) is 0 Å². The van der Waals surface area contributed by atoms with Crippen LogP contribution in [0.15, 0.2) is 24.3 Å². The molecule has 65 heavy (non-hydrogen) atoms. The van der Waals surface area contributed by atoms with Gasteiger partial charge in [0.15, 0.2) is 0 Å². The van der Waals surface area contributed by atoms with Gasteiger partial charge in [-0.05, 0) is 77.0 Å². The van der Waals surface area contributed by atoms with Gasteiger partial charge in [-0.1, -0.05) is 250 Å². The Bertz CT molecular complexity index is 1010. The number of allylic oxidation sites excluding steroid dienone is 4. The number of ether oxygens (including phenoxy) is 1. The van der Waals surface area contributed by atoms with E-state index >= 15 is 0 Å². The van der Waals surface area contributed by atoms with Crippen LogP contribution in [0.5, 0.6) is 0 Å². The van der Waals surface area contributed by atoms with E-state index in [2.05, 4.69) is 43.5 Å². The highest BCUT2D eigenvalue weighted by Crippen LogP contribution is 2.17. The average Bonchev–Trinajstić information content (AvgIpc) is 3.31. The standard InChI is InChI=1S/C59H113NO5/c1-3-5-7-9-11-13-15-17-18-21-25-29-33-37-41-45-49-53-59(64)65-54-50-46-42-38-34-30-26-23-20-19-22-24-28-32-36-40-44-48-52-58(63)60-56(55-61)57(62)51-47-43-39-35-31-27-16-14-12-10-8-6-4-2/h17-18,22,24,56-57,61-62H,3-16,19-21,23,25-55H2,1-2H3,(H,60,63)/b18-17-,24-22-. The third-order valence-corrected chi connectivity index (χ3v) is 13.5. The van der Waals surface area contributed by atoms with Gasteiger partial charge in [0.25, 0.3) is 0 Å². The first kappa shape index (κ1) is 63.3. The normalized spacial score (nSPS) is 12.7. The van der Waals surface area contributed by atoms with Crippen molar-refractivity contribution in [1.29, 1.82) is 0 Å². The Balaban J connectivity index is 3.43. The van der Waals surface area contributed by atoms with Crippen LogP contribution in [0.2, 0.25) is 0 Å². The highest BCUT2D eigenvalue weighted by atomic mass is 16.5. The average molecular weight is 917 g/mol. The minimum absolute atomic E-state index is 0.000197. The molecule has 6 nitrogen and oxygen atoms in total. The van der Waals surface area contributed by atoms with Crippen LogP contribution in [0.4, 0.5) is 0 Å². The van der Waals surface area contributed by atoms with Crippen LogP contribution in [0.1, 0.15) is 316 Å². The second kappa shape index (κ2) is 54.9. The fraction of sp³-hybridized carbons (Fsp3) is 0.898. The quantitative estimate of drug-likeness (QED) is 0.0321. The molecule has 0 saturated carbocycles. The van der Waals surface area contributed by atoms with Crippen molar-refractivity contribution >= 4 is 11.9 Å². The van der Waals surface area contributed by atoms with Crippen molar-refractivity contribution in [2.75, 3.05) is 13.2 Å². The molecular weight excluding hydrogens is 803 g/mol. The van der Waals surface area contributed by atoms with Crippen LogP contribution >= 0.6 is 0 Å². The first-order valence-electron chi connectivity index (χ1n) is 29.1. The number of nitrogens with one attached hydrogen (secondary N) is 1. The molecule has 0 rings (SSSR count). The van der Waals surface area contributed by atoms with Crippen molar-refractivity contribution in [3.63, 3.8) is 0 Å². The van der Waals surface area contributed by atoms with Crippen molar-refractivity contribution in [1.82, 2.24) is 5.32 Å². The van der Waals surface area contributed by atoms with E-state index in [0.29, 0.717) is 25.9 Å². The number of hydrogen-bond donors (Lipinski definition) is 3. The van der Waals surface area contributed by atoms with E-state index in [1.807, 2.05) is 0 Å². The van der Waals surface area contributed by atoms with E-state index < -0.39 is 12.1 Å². The molecule has 0 radical (unpaired) electrons. The highest BCUT2D eigenvalue weighted by molar-refractivity contribution is 5.76. The molecule has 0 aliphatic heterocycles. The second-order valence-corrected chi connectivity index (χ2v) is 20.0. The summed E-state index contributed by atoms with van der Waals surface area (Å²) in [6, 6.07) is -0.551. The minimum atomic E-state index is -0.672. The van der Waals surface area contributed by atoms with Gasteiger partial charge in [0.05, 0.1) is 25.4 Å². The van der Waals surface area contributed by atoms with Gasteiger partial charge in [0, 0.05) is 12.8 Å². The summed E-state index contributed by atoms with van der Waals surface area (Å²) in [5, 5.41) is 23.2. The SMILES string of the molecule is CCCCCCCC/C=C\CCCCCCCCCC(=O)OCCCCCCCCCCC/C=C\CCCCCCCC(=O)NC(CO)C(O)CCCCCCCCCCCCCCC. The lowest BCUT2D eigenvalue weighted by Gasteiger charge is -2.22. The van der Waals surface area contributed by atoms with Crippen LogP contribution in [-0.2, 0) is 14.3 Å². The molecule has 2 atom stereocenters. The van der Waals surface area contributed by atoms with Gasteiger partial charge < -0.3 is 20.3 Å². The second-order valence-electron chi connectivity index (χ2n) is 20.0. The zero-order valence-electron chi connectivity index (χ0n) is 43.7. The molecule has 0 aromatic heterocycles. The number of rotatable bonds is 54. The highest BCUT2D eigenvalue weighted by Gasteiger charge is 2.20. The zero-order chi connectivity index (χ0) is 47.2. The van der Waals surface area contributed by atoms with Crippen molar-refractivity contribution in [3.8, 4) is 0 Å². The smallest absolute Gasteiger partial charge is 0.305 e. The minimum Gasteiger partial charge on any atom is -0.466 e. The van der Waals surface area contributed by atoms with Gasteiger partial charge in [0.1, 0.15) is 0 Å². The number of aliphatic hydroxyl groups is 2. The molecule has 0 aliphatic carbocycles. The molecule has 0 aromatic rings. The monoisotopic (exact) mass is 916 g/mol. The van der Waals surface area contributed by atoms with E-state index in [1.54, 1.807) is 0 Å². The predicted molar refractivity (Wildman–Crippen MR) is 283 cm³/mol. The Labute approximate surface area is 405 Å². The van der Waals surface area contributed by atoms with Crippen LogP contribution < -0.4 is 5.32 Å². The molecule has 0 heterocycles. The van der Waals surface area contributed by atoms with Crippen molar-refractivity contribution < 1.29 is 24.5 Å². The fourth-order valence-corrected chi connectivity index (χ4v) is 8.98. The summed E-state index contributed by atoms with van der Waals surface area (Å²) >= 11 is 0. The van der Waals surface area contributed by atoms with Crippen LogP contribution in [0.25, 0.3) is 0 Å². The fourth-order valence-electron chi connectivity index (χ4n) is 8.98. The Morgan fingerprint density at radius 2 is 0.723 bits per heavy atom. The lowest BCUT2D eigenvalue weighted by molar-refractivity contribution is -0.143. The Morgan fingerprint density at radius 1 is 0.415 bits per heavy atom. The molecule has 0 bridgehead atoms. The molecule has 0 spiro atoms. The van der Waals surface area contributed by atoms with E-state index in [0.717, 1.165) is 57.8 Å². The first-order valence-corrected chi connectivity index (χ1v) is 29.1. The molecule has 0 aliphatic rings. The number of amides is 1. The van der Waals surface area contributed by atoms with Crippen LogP contribution in [0.3, 0.4) is 0 Å². The number of aliphatic hydroxyl groups excluding tert-OH is 2. The molecule has 3 N–H and O–H groups in total. The van der Waals surface area contributed by atoms with Gasteiger partial charge in [-0.3, -0.25) is 9.59 Å². The molecule has 384 valence electrons. The number of carbonyl (C=O) groups excluding carboxylic acids is 2. The maximum atomic E-state index is 12.4. The number of hydrogen-bond acceptors (Lipinski definition) is 5. The molecule has 2 unspecified atom stereocenters. The molecular formula is C59H113NO5. The number of carbonyl (C=O) groups is 2. The predicted octanol–water partition coefficient (Wildman–Crippen LogP) is 17.9. The maximum absolute atomic E-state index is 12.4. The van der Waals surface area contributed by atoms with Gasteiger partial charge in [-0.25, -0.2) is 0 Å². The van der Waals surface area contributed by atoms with Crippen LogP contribution in [-0.4, -0.2) is 47.4 Å². The van der Waals surface area contributed by atoms with E-state index in [1.165, 1.54) is 225 Å². The van der Waals surface area contributed by atoms with E-state index in [9.17, 15) is 19.8 Å². The largest absolute Gasteiger partial charge is 0.466 e. The molecule has 6 heteroatoms. The molecule has 0 aromatic carbocycles. The summed E-state index contributed by atoms with van der Waals surface area (Å²) in [6.45, 7) is 4.94. The summed E-state index contributed by atoms with van der Waals surface area (Å²) < 4.78 is 5.48. The topological polar surface area (TPSA) is 95.9 Å². The maximum Gasteiger partial charge on any atom is 0.305 e. The number of unbranched alkanes of at least 4 members (excludes halogenated alkanes) is 39. The summed E-state index contributed by atoms with van der Waals surface area (Å²) in [7, 11) is 0. The summed E-state index contributed by atoms with van der Waals surface area (Å²) in [6.07, 6.45) is 66.0. The lowest BCUT2D eigenvalue weighted by Crippen LogP contribution is -2.45. The Hall–Kier alpha value is -1.66. The van der Waals surface area contributed by atoms with Crippen molar-refractivity contribution in [2.24, 2.45) is 0 Å². The van der Waals surface area contributed by atoms with E-state index in [4.69, 9.17) is 4.74 Å². The van der Waals surface area contributed by atoms with E-state index in [-0.39, 0.29) is 18.5 Å². The summed E-state index contributed by atoms with van der Waals surface area (Å²) in [4.78, 5) is 24.5. The first-order chi connectivity index (χ1) is 32.0. The van der Waals surface area contributed by atoms with Crippen molar-refractivity contribution in [3.05, 3.63) is 24.3 Å². The lowest BCUT2D eigenvalue weighted by atomic mass is 10.0. The number of esters is 1. The van der Waals surface area contributed by atoms with Gasteiger partial charge in [-0.15, -0.1) is 0 Å². The summed E-state index contributed by atoms with van der Waals surface area (Å²) in [5.74, 6) is -0.0491. The zero-order valence-corrected chi connectivity index (χ0v) is 43.7. The van der Waals surface area contributed by atoms with Gasteiger partial charge >= 0.3 is 5.97 Å². The Morgan fingerprint density at radius 3 is 1.09 bits per heavy atom. The third kappa shape index (κ3) is 51.6.